The van der Waals surface area contributed by atoms with E-state index in [-0.39, 0.29) is 11.4 Å². The first-order valence-electron chi connectivity index (χ1n) is 11.3. The molecule has 0 aliphatic carbocycles. The highest BCUT2D eigenvalue weighted by atomic mass is 32.2. The van der Waals surface area contributed by atoms with Gasteiger partial charge in [-0.2, -0.15) is 0 Å². The lowest BCUT2D eigenvalue weighted by molar-refractivity contribution is -0.127. The summed E-state index contributed by atoms with van der Waals surface area (Å²) in [6, 6.07) is 11.1. The van der Waals surface area contributed by atoms with E-state index in [1.807, 2.05) is 45.0 Å². The highest BCUT2D eigenvalue weighted by Crippen LogP contribution is 2.34. The molecule has 8 heteroatoms. The molecule has 0 radical (unpaired) electrons. The number of imide groups is 1. The second-order valence-corrected chi connectivity index (χ2v) is 8.97. The van der Waals surface area contributed by atoms with E-state index < -0.39 is 17.1 Å². The molecule has 1 heterocycles. The number of ether oxygens (including phenoxy) is 2. The Labute approximate surface area is 204 Å². The lowest BCUT2D eigenvalue weighted by atomic mass is 10.1. The number of rotatable bonds is 10. The zero-order chi connectivity index (χ0) is 24.7. The molecule has 0 bridgehead atoms. The van der Waals surface area contributed by atoms with Crippen LogP contribution < -0.4 is 14.8 Å². The van der Waals surface area contributed by atoms with Crippen LogP contribution in [-0.2, 0) is 9.59 Å². The van der Waals surface area contributed by atoms with Crippen molar-refractivity contribution in [2.45, 2.75) is 40.5 Å². The quantitative estimate of drug-likeness (QED) is 0.353. The van der Waals surface area contributed by atoms with Crippen LogP contribution in [0.1, 0.15) is 43.4 Å². The number of hydrogen-bond acceptors (Lipinski definition) is 6. The molecule has 3 amide bonds. The van der Waals surface area contributed by atoms with Crippen LogP contribution in [0.3, 0.4) is 0 Å². The van der Waals surface area contributed by atoms with Crippen LogP contribution in [0, 0.1) is 13.8 Å². The van der Waals surface area contributed by atoms with Crippen LogP contribution in [0.15, 0.2) is 41.3 Å². The van der Waals surface area contributed by atoms with E-state index in [1.165, 1.54) is 0 Å². The van der Waals surface area contributed by atoms with Gasteiger partial charge in [-0.25, -0.2) is 0 Å². The van der Waals surface area contributed by atoms with Gasteiger partial charge in [-0.1, -0.05) is 31.5 Å². The van der Waals surface area contributed by atoms with Crippen molar-refractivity contribution in [3.05, 3.63) is 58.0 Å². The van der Waals surface area contributed by atoms with Gasteiger partial charge in [0.2, 0.25) is 5.91 Å². The highest BCUT2D eigenvalue weighted by Gasteiger charge is 2.36. The molecular weight excluding hydrogens is 452 g/mol. The lowest BCUT2D eigenvalue weighted by Crippen LogP contribution is -2.36. The number of anilines is 1. The average Bonchev–Trinajstić information content (AvgIpc) is 3.05. The minimum absolute atomic E-state index is 0.256. The predicted octanol–water partition coefficient (Wildman–Crippen LogP) is 5.56. The standard InChI is InChI=1S/C26H30N2O5S/c1-5-7-12-33-21-11-10-19(14-22(21)32-6-2)15-23-25(30)28(26(31)34-23)16-24(29)27-20-13-17(3)8-9-18(20)4/h8-11,13-15H,5-7,12,16H2,1-4H3,(H,27,29)/b23-15-. The first-order chi connectivity index (χ1) is 16.3. The van der Waals surface area contributed by atoms with E-state index in [0.29, 0.717) is 36.0 Å². The Hall–Kier alpha value is -3.26. The van der Waals surface area contributed by atoms with Crippen LogP contribution in [-0.4, -0.2) is 41.7 Å². The summed E-state index contributed by atoms with van der Waals surface area (Å²) in [6.45, 7) is 8.52. The van der Waals surface area contributed by atoms with Gasteiger partial charge in [0.1, 0.15) is 6.54 Å². The number of unbranched alkanes of at least 4 members (excludes halogenated alkanes) is 1. The largest absolute Gasteiger partial charge is 0.490 e. The summed E-state index contributed by atoms with van der Waals surface area (Å²) in [5.74, 6) is 0.306. The van der Waals surface area contributed by atoms with Crippen molar-refractivity contribution in [3.63, 3.8) is 0 Å². The molecule has 3 rings (SSSR count). The van der Waals surface area contributed by atoms with Crippen LogP contribution in [0.25, 0.3) is 6.08 Å². The normalized spacial score (nSPS) is 14.6. The third-order valence-corrected chi connectivity index (χ3v) is 6.07. The fourth-order valence-corrected chi connectivity index (χ4v) is 4.16. The number of amides is 3. The molecule has 1 saturated heterocycles. The van der Waals surface area contributed by atoms with Gasteiger partial charge in [0, 0.05) is 5.69 Å². The van der Waals surface area contributed by atoms with Crippen LogP contribution in [0.5, 0.6) is 11.5 Å². The van der Waals surface area contributed by atoms with Crippen molar-refractivity contribution in [3.8, 4) is 11.5 Å². The SMILES string of the molecule is CCCCOc1ccc(/C=C2\SC(=O)N(CC(=O)Nc3cc(C)ccc3C)C2=O)cc1OCC. The van der Waals surface area contributed by atoms with Gasteiger partial charge >= 0.3 is 0 Å². The fourth-order valence-electron chi connectivity index (χ4n) is 3.32. The first kappa shape index (κ1) is 25.4. The lowest BCUT2D eigenvalue weighted by Gasteiger charge is -2.14. The number of nitrogens with zero attached hydrogens (tertiary/aromatic N) is 1. The molecule has 0 saturated carbocycles. The molecule has 1 aliphatic rings. The number of carbonyl (C=O) groups is 3. The van der Waals surface area contributed by atoms with Crippen molar-refractivity contribution in [1.82, 2.24) is 4.90 Å². The Balaban J connectivity index is 1.71. The molecular formula is C26H30N2O5S. The summed E-state index contributed by atoms with van der Waals surface area (Å²) in [6.07, 6.45) is 3.60. The minimum atomic E-state index is -0.493. The summed E-state index contributed by atoms with van der Waals surface area (Å²) >= 11 is 0.817. The molecule has 2 aromatic rings. The molecule has 0 atom stereocenters. The van der Waals surface area contributed by atoms with Crippen LogP contribution in [0.4, 0.5) is 10.5 Å². The molecule has 180 valence electrons. The number of hydrogen-bond donors (Lipinski definition) is 1. The zero-order valence-electron chi connectivity index (χ0n) is 20.0. The molecule has 1 fully saturated rings. The van der Waals surface area contributed by atoms with Gasteiger partial charge in [-0.15, -0.1) is 0 Å². The van der Waals surface area contributed by atoms with E-state index >= 15 is 0 Å². The molecule has 1 aliphatic heterocycles. The Kier molecular flexibility index (Phi) is 8.76. The molecule has 1 N–H and O–H groups in total. The summed E-state index contributed by atoms with van der Waals surface area (Å²) in [4.78, 5) is 39.1. The van der Waals surface area contributed by atoms with E-state index in [4.69, 9.17) is 9.47 Å². The van der Waals surface area contributed by atoms with Gasteiger partial charge in [-0.3, -0.25) is 19.3 Å². The fraction of sp³-hybridized carbons (Fsp3) is 0.346. The van der Waals surface area contributed by atoms with Crippen molar-refractivity contribution >= 4 is 40.6 Å². The number of nitrogens with one attached hydrogen (secondary N) is 1. The van der Waals surface area contributed by atoms with Crippen LogP contribution >= 0.6 is 11.8 Å². The second kappa shape index (κ2) is 11.7. The van der Waals surface area contributed by atoms with E-state index in [0.717, 1.165) is 40.6 Å². The van der Waals surface area contributed by atoms with Crippen molar-refractivity contribution < 1.29 is 23.9 Å². The summed E-state index contributed by atoms with van der Waals surface area (Å²) in [7, 11) is 0. The summed E-state index contributed by atoms with van der Waals surface area (Å²) in [5.41, 5.74) is 3.28. The monoisotopic (exact) mass is 482 g/mol. The molecule has 7 nitrogen and oxygen atoms in total. The Morgan fingerprint density at radius 2 is 1.85 bits per heavy atom. The number of thioether (sulfide) groups is 1. The maximum atomic E-state index is 12.9. The summed E-state index contributed by atoms with van der Waals surface area (Å²) in [5, 5.41) is 2.31. The highest BCUT2D eigenvalue weighted by molar-refractivity contribution is 8.18. The molecule has 2 aromatic carbocycles. The number of aryl methyl sites for hydroxylation is 2. The van der Waals surface area contributed by atoms with Crippen molar-refractivity contribution in [1.29, 1.82) is 0 Å². The Morgan fingerprint density at radius 1 is 1.06 bits per heavy atom. The second-order valence-electron chi connectivity index (χ2n) is 7.98. The molecule has 0 aromatic heterocycles. The Bertz CT molecular complexity index is 1110. The predicted molar refractivity (Wildman–Crippen MR) is 135 cm³/mol. The van der Waals surface area contributed by atoms with Gasteiger partial charge in [0.15, 0.2) is 11.5 Å². The number of benzene rings is 2. The molecule has 0 unspecified atom stereocenters. The summed E-state index contributed by atoms with van der Waals surface area (Å²) < 4.78 is 11.5. The van der Waals surface area contributed by atoms with Crippen LogP contribution in [0.2, 0.25) is 0 Å². The smallest absolute Gasteiger partial charge is 0.294 e. The first-order valence-corrected chi connectivity index (χ1v) is 12.2. The van der Waals surface area contributed by atoms with Gasteiger partial charge in [-0.05, 0) is 79.9 Å². The average molecular weight is 483 g/mol. The van der Waals surface area contributed by atoms with Gasteiger partial charge in [0.05, 0.1) is 18.1 Å². The van der Waals surface area contributed by atoms with E-state index in [1.54, 1.807) is 18.2 Å². The zero-order valence-corrected chi connectivity index (χ0v) is 20.8. The molecule has 0 spiro atoms. The topological polar surface area (TPSA) is 84.9 Å². The third kappa shape index (κ3) is 6.41. The number of carbonyl (C=O) groups excluding carboxylic acids is 3. The maximum Gasteiger partial charge on any atom is 0.294 e. The Morgan fingerprint density at radius 3 is 2.59 bits per heavy atom. The van der Waals surface area contributed by atoms with Gasteiger partial charge in [0.25, 0.3) is 11.1 Å². The molecule has 34 heavy (non-hydrogen) atoms. The van der Waals surface area contributed by atoms with Crippen molar-refractivity contribution in [2.24, 2.45) is 0 Å². The van der Waals surface area contributed by atoms with E-state index in [9.17, 15) is 14.4 Å². The third-order valence-electron chi connectivity index (χ3n) is 5.16. The van der Waals surface area contributed by atoms with Gasteiger partial charge < -0.3 is 14.8 Å². The minimum Gasteiger partial charge on any atom is -0.490 e. The maximum absolute atomic E-state index is 12.9. The van der Waals surface area contributed by atoms with E-state index in [2.05, 4.69) is 12.2 Å². The van der Waals surface area contributed by atoms with Crippen molar-refractivity contribution in [2.75, 3.05) is 25.1 Å².